The molecule has 1 aromatic carbocycles. The Hall–Kier alpha value is -1.07. The lowest BCUT2D eigenvalue weighted by atomic mass is 10.1. The van der Waals surface area contributed by atoms with Crippen molar-refractivity contribution < 1.29 is 4.79 Å². The molecule has 0 radical (unpaired) electrons. The first-order valence-corrected chi connectivity index (χ1v) is 6.70. The number of nitrogen functional groups attached to an aromatic ring is 1. The van der Waals surface area contributed by atoms with E-state index in [1.165, 1.54) is 0 Å². The second kappa shape index (κ2) is 6.75. The molecule has 18 heavy (non-hydrogen) atoms. The average Bonchev–Trinajstić information content (AvgIpc) is 2.29. The van der Waals surface area contributed by atoms with Gasteiger partial charge in [-0.1, -0.05) is 15.9 Å². The fourth-order valence-corrected chi connectivity index (χ4v) is 1.91. The van der Waals surface area contributed by atoms with E-state index in [0.29, 0.717) is 11.3 Å². The third kappa shape index (κ3) is 4.66. The number of nitrogens with one attached hydrogen (secondary N) is 1. The lowest BCUT2D eigenvalue weighted by Crippen LogP contribution is -2.35. The van der Waals surface area contributed by atoms with Gasteiger partial charge in [0.15, 0.2) is 0 Å². The second-order valence-corrected chi connectivity index (χ2v) is 5.61. The molecule has 1 atom stereocenters. The zero-order chi connectivity index (χ0) is 13.7. The minimum Gasteiger partial charge on any atom is -0.398 e. The third-order valence-electron chi connectivity index (χ3n) is 2.65. The highest BCUT2D eigenvalue weighted by Crippen LogP contribution is 2.18. The van der Waals surface area contributed by atoms with E-state index in [4.69, 9.17) is 5.73 Å². The van der Waals surface area contributed by atoms with Gasteiger partial charge in [-0.25, -0.2) is 0 Å². The van der Waals surface area contributed by atoms with E-state index in [1.807, 2.05) is 27.1 Å². The van der Waals surface area contributed by atoms with Crippen molar-refractivity contribution in [2.24, 2.45) is 0 Å². The van der Waals surface area contributed by atoms with E-state index in [1.54, 1.807) is 12.1 Å². The van der Waals surface area contributed by atoms with E-state index in [2.05, 4.69) is 26.1 Å². The summed E-state index contributed by atoms with van der Waals surface area (Å²) < 4.78 is 0.850. The number of rotatable bonds is 5. The Morgan fingerprint density at radius 2 is 2.17 bits per heavy atom. The number of nitrogens with two attached hydrogens (primary N) is 1. The van der Waals surface area contributed by atoms with Crippen molar-refractivity contribution in [2.45, 2.75) is 19.4 Å². The summed E-state index contributed by atoms with van der Waals surface area (Å²) >= 11 is 3.34. The van der Waals surface area contributed by atoms with Crippen molar-refractivity contribution in [1.29, 1.82) is 0 Å². The summed E-state index contributed by atoms with van der Waals surface area (Å²) in [6.45, 7) is 2.94. The predicted molar refractivity (Wildman–Crippen MR) is 78.7 cm³/mol. The van der Waals surface area contributed by atoms with Crippen LogP contribution in [-0.2, 0) is 0 Å². The number of anilines is 1. The Bertz CT molecular complexity index is 421. The first kappa shape index (κ1) is 15.0. The molecule has 0 fully saturated rings. The number of hydrogen-bond donors (Lipinski definition) is 2. The molecule has 5 heteroatoms. The van der Waals surface area contributed by atoms with Crippen LogP contribution in [0.4, 0.5) is 5.69 Å². The first-order chi connectivity index (χ1) is 8.40. The van der Waals surface area contributed by atoms with Gasteiger partial charge in [0.2, 0.25) is 0 Å². The van der Waals surface area contributed by atoms with Gasteiger partial charge in [0, 0.05) is 16.2 Å². The highest BCUT2D eigenvalue weighted by Gasteiger charge is 2.13. The molecule has 0 saturated heterocycles. The molecule has 4 nitrogen and oxygen atoms in total. The predicted octanol–water partition coefficient (Wildman–Crippen LogP) is 2.10. The summed E-state index contributed by atoms with van der Waals surface area (Å²) in [6, 6.07) is 5.41. The average molecular weight is 314 g/mol. The molecule has 0 aliphatic heterocycles. The minimum atomic E-state index is -0.125. The van der Waals surface area contributed by atoms with E-state index >= 15 is 0 Å². The Morgan fingerprint density at radius 3 is 2.78 bits per heavy atom. The molecule has 0 heterocycles. The van der Waals surface area contributed by atoms with E-state index < -0.39 is 0 Å². The van der Waals surface area contributed by atoms with Crippen LogP contribution in [0.2, 0.25) is 0 Å². The summed E-state index contributed by atoms with van der Waals surface area (Å²) in [5.74, 6) is -0.125. The van der Waals surface area contributed by atoms with E-state index in [-0.39, 0.29) is 11.9 Å². The summed E-state index contributed by atoms with van der Waals surface area (Å²) in [5.41, 5.74) is 6.81. The molecular weight excluding hydrogens is 294 g/mol. The quantitative estimate of drug-likeness (QED) is 0.818. The molecule has 1 amide bonds. The first-order valence-electron chi connectivity index (χ1n) is 5.90. The summed E-state index contributed by atoms with van der Waals surface area (Å²) in [6.07, 6.45) is 0.909. The topological polar surface area (TPSA) is 58.4 Å². The Kier molecular flexibility index (Phi) is 5.62. The number of amides is 1. The molecule has 0 aromatic heterocycles. The summed E-state index contributed by atoms with van der Waals surface area (Å²) in [7, 11) is 4.03. The molecule has 1 rings (SSSR count). The highest BCUT2D eigenvalue weighted by molar-refractivity contribution is 9.10. The number of nitrogens with zero attached hydrogens (tertiary/aromatic N) is 1. The van der Waals surface area contributed by atoms with Crippen LogP contribution in [0.25, 0.3) is 0 Å². The summed E-state index contributed by atoms with van der Waals surface area (Å²) in [4.78, 5) is 14.1. The van der Waals surface area contributed by atoms with Gasteiger partial charge in [0.1, 0.15) is 0 Å². The van der Waals surface area contributed by atoms with Crippen LogP contribution in [0.1, 0.15) is 23.7 Å². The largest absolute Gasteiger partial charge is 0.398 e. The van der Waals surface area contributed by atoms with Crippen LogP contribution in [0.15, 0.2) is 22.7 Å². The standard InChI is InChI=1S/C13H20BrN3O/c1-9(6-7-17(2)3)16-13(18)11-8-10(14)4-5-12(11)15/h4-5,8-9H,6-7,15H2,1-3H3,(H,16,18). The monoisotopic (exact) mass is 313 g/mol. The molecule has 1 unspecified atom stereocenters. The number of carbonyl (C=O) groups excluding carboxylic acids is 1. The zero-order valence-electron chi connectivity index (χ0n) is 11.0. The lowest BCUT2D eigenvalue weighted by Gasteiger charge is -2.17. The maximum Gasteiger partial charge on any atom is 0.253 e. The molecule has 0 saturated carbocycles. The number of halogens is 1. The molecule has 3 N–H and O–H groups in total. The molecule has 0 spiro atoms. The van der Waals surface area contributed by atoms with Gasteiger partial charge in [-0.15, -0.1) is 0 Å². The van der Waals surface area contributed by atoms with Crippen molar-refractivity contribution in [3.8, 4) is 0 Å². The van der Waals surface area contributed by atoms with Crippen molar-refractivity contribution >= 4 is 27.5 Å². The molecule has 0 aliphatic carbocycles. The van der Waals surface area contributed by atoms with Gasteiger partial charge in [-0.3, -0.25) is 4.79 Å². The van der Waals surface area contributed by atoms with Gasteiger partial charge in [0.05, 0.1) is 5.56 Å². The van der Waals surface area contributed by atoms with Gasteiger partial charge in [0.25, 0.3) is 5.91 Å². The van der Waals surface area contributed by atoms with Crippen molar-refractivity contribution in [1.82, 2.24) is 10.2 Å². The zero-order valence-corrected chi connectivity index (χ0v) is 12.6. The molecular formula is C13H20BrN3O. The third-order valence-corrected chi connectivity index (χ3v) is 3.14. The Balaban J connectivity index is 2.62. The second-order valence-electron chi connectivity index (χ2n) is 4.70. The molecule has 100 valence electrons. The van der Waals surface area contributed by atoms with Crippen molar-refractivity contribution in [3.63, 3.8) is 0 Å². The van der Waals surface area contributed by atoms with Crippen LogP contribution < -0.4 is 11.1 Å². The maximum atomic E-state index is 12.0. The van der Waals surface area contributed by atoms with Gasteiger partial charge >= 0.3 is 0 Å². The fourth-order valence-electron chi connectivity index (χ4n) is 1.55. The van der Waals surface area contributed by atoms with Crippen molar-refractivity contribution in [3.05, 3.63) is 28.2 Å². The lowest BCUT2D eigenvalue weighted by molar-refractivity contribution is 0.0937. The Labute approximate surface area is 117 Å². The number of carbonyl (C=O) groups is 1. The normalized spacial score (nSPS) is 12.5. The summed E-state index contributed by atoms with van der Waals surface area (Å²) in [5, 5.41) is 2.95. The van der Waals surface area contributed by atoms with E-state index in [0.717, 1.165) is 17.4 Å². The van der Waals surface area contributed by atoms with Crippen molar-refractivity contribution in [2.75, 3.05) is 26.4 Å². The van der Waals surface area contributed by atoms with Crippen LogP contribution in [-0.4, -0.2) is 37.5 Å². The van der Waals surface area contributed by atoms with Gasteiger partial charge < -0.3 is 16.0 Å². The number of benzene rings is 1. The van der Waals surface area contributed by atoms with Gasteiger partial charge in [-0.05, 0) is 52.2 Å². The van der Waals surface area contributed by atoms with Crippen LogP contribution in [0.3, 0.4) is 0 Å². The molecule has 1 aromatic rings. The molecule has 0 bridgehead atoms. The van der Waals surface area contributed by atoms with Gasteiger partial charge in [-0.2, -0.15) is 0 Å². The Morgan fingerprint density at radius 1 is 1.50 bits per heavy atom. The maximum absolute atomic E-state index is 12.0. The fraction of sp³-hybridized carbons (Fsp3) is 0.462. The highest BCUT2D eigenvalue weighted by atomic mass is 79.9. The van der Waals surface area contributed by atoms with E-state index in [9.17, 15) is 4.79 Å². The van der Waals surface area contributed by atoms with Crippen LogP contribution >= 0.6 is 15.9 Å². The van der Waals surface area contributed by atoms with Crippen LogP contribution in [0.5, 0.6) is 0 Å². The minimum absolute atomic E-state index is 0.123. The van der Waals surface area contributed by atoms with Crippen LogP contribution in [0, 0.1) is 0 Å². The molecule has 0 aliphatic rings. The SMILES string of the molecule is CC(CCN(C)C)NC(=O)c1cc(Br)ccc1N. The number of hydrogen-bond acceptors (Lipinski definition) is 3. The smallest absolute Gasteiger partial charge is 0.253 e.